The van der Waals surface area contributed by atoms with E-state index in [1.807, 2.05) is 19.9 Å². The Morgan fingerprint density at radius 1 is 0.704 bits per heavy atom. The predicted octanol–water partition coefficient (Wildman–Crippen LogP) is 6.05. The summed E-state index contributed by atoms with van der Waals surface area (Å²) in [6.45, 7) is 10.3. The zero-order chi connectivity index (χ0) is 19.6. The lowest BCUT2D eigenvalue weighted by molar-refractivity contribution is -0.150. The molecule has 3 heteroatoms. The lowest BCUT2D eigenvalue weighted by atomic mass is 9.94. The van der Waals surface area contributed by atoms with Gasteiger partial charge in [0.05, 0.1) is 5.56 Å². The minimum Gasteiger partial charge on any atom is -0.286 e. The molecule has 138 valence electrons. The number of rotatable bonds is 4. The summed E-state index contributed by atoms with van der Waals surface area (Å²) in [4.78, 5) is 22.5. The molecule has 0 N–H and O–H groups in total. The smallest absolute Gasteiger partial charge is 0.286 e. The van der Waals surface area contributed by atoms with E-state index >= 15 is 0 Å². The zero-order valence-corrected chi connectivity index (χ0v) is 16.4. The number of hydrogen-bond donors (Lipinski definition) is 0. The van der Waals surface area contributed by atoms with Gasteiger partial charge in [0.2, 0.25) is 0 Å². The molecule has 3 rings (SSSR count). The second-order valence-corrected chi connectivity index (χ2v) is 6.99. The normalized spacial score (nSPS) is 10.6. The number of hydrogen-bond acceptors (Lipinski definition) is 3. The SMILES string of the molecule is Cc1cc(-c2cc(C)c(OOC(=O)c3ccccc3)c(C)c2)cc(C)c1C. The van der Waals surface area contributed by atoms with Gasteiger partial charge in [0.1, 0.15) is 0 Å². The molecule has 0 spiro atoms. The minimum atomic E-state index is -0.511. The van der Waals surface area contributed by atoms with Crippen molar-refractivity contribution in [2.75, 3.05) is 0 Å². The molecule has 0 saturated carbocycles. The molecule has 0 saturated heterocycles. The summed E-state index contributed by atoms with van der Waals surface area (Å²) in [5.41, 5.74) is 8.46. The molecule has 0 aromatic heterocycles. The van der Waals surface area contributed by atoms with Crippen LogP contribution in [0.2, 0.25) is 0 Å². The fourth-order valence-corrected chi connectivity index (χ4v) is 3.15. The van der Waals surface area contributed by atoms with Gasteiger partial charge in [-0.15, -0.1) is 0 Å². The minimum absolute atomic E-state index is 0.454. The van der Waals surface area contributed by atoms with E-state index in [4.69, 9.17) is 9.78 Å². The maximum Gasteiger partial charge on any atom is 0.386 e. The lowest BCUT2D eigenvalue weighted by Gasteiger charge is -2.14. The molecular formula is C24H24O3. The van der Waals surface area contributed by atoms with Gasteiger partial charge in [-0.05, 0) is 97.8 Å². The van der Waals surface area contributed by atoms with Crippen LogP contribution in [0.3, 0.4) is 0 Å². The van der Waals surface area contributed by atoms with Crippen molar-refractivity contribution in [1.82, 2.24) is 0 Å². The van der Waals surface area contributed by atoms with Crippen LogP contribution in [0.15, 0.2) is 54.6 Å². The third-order valence-corrected chi connectivity index (χ3v) is 4.93. The van der Waals surface area contributed by atoms with Gasteiger partial charge < -0.3 is 0 Å². The number of aryl methyl sites for hydroxylation is 4. The van der Waals surface area contributed by atoms with E-state index in [1.54, 1.807) is 24.3 Å². The first-order valence-corrected chi connectivity index (χ1v) is 9.00. The Bertz CT molecular complexity index is 942. The molecule has 0 atom stereocenters. The third-order valence-electron chi connectivity index (χ3n) is 4.93. The lowest BCUT2D eigenvalue weighted by Crippen LogP contribution is -2.09. The largest absolute Gasteiger partial charge is 0.386 e. The Hall–Kier alpha value is -3.07. The van der Waals surface area contributed by atoms with Crippen molar-refractivity contribution in [2.24, 2.45) is 0 Å². The average molecular weight is 360 g/mol. The molecular weight excluding hydrogens is 336 g/mol. The predicted molar refractivity (Wildman–Crippen MR) is 108 cm³/mol. The Morgan fingerprint density at radius 3 is 1.70 bits per heavy atom. The first-order valence-electron chi connectivity index (χ1n) is 9.00. The summed E-state index contributed by atoms with van der Waals surface area (Å²) in [5.74, 6) is 0.0619. The highest BCUT2D eigenvalue weighted by Gasteiger charge is 2.14. The Labute approximate surface area is 160 Å². The highest BCUT2D eigenvalue weighted by molar-refractivity contribution is 5.88. The molecule has 3 aromatic carbocycles. The van der Waals surface area contributed by atoms with Crippen LogP contribution >= 0.6 is 0 Å². The van der Waals surface area contributed by atoms with E-state index in [0.29, 0.717) is 11.3 Å². The van der Waals surface area contributed by atoms with Gasteiger partial charge in [0.15, 0.2) is 5.75 Å². The fourth-order valence-electron chi connectivity index (χ4n) is 3.15. The van der Waals surface area contributed by atoms with E-state index < -0.39 is 5.97 Å². The molecule has 0 aliphatic rings. The summed E-state index contributed by atoms with van der Waals surface area (Å²) in [6.07, 6.45) is 0. The molecule has 0 radical (unpaired) electrons. The molecule has 0 fully saturated rings. The van der Waals surface area contributed by atoms with Crippen molar-refractivity contribution >= 4 is 5.97 Å². The highest BCUT2D eigenvalue weighted by atomic mass is 17.2. The second-order valence-electron chi connectivity index (χ2n) is 6.99. The van der Waals surface area contributed by atoms with Crippen LogP contribution in [0.25, 0.3) is 11.1 Å². The monoisotopic (exact) mass is 360 g/mol. The van der Waals surface area contributed by atoms with Gasteiger partial charge in [0.25, 0.3) is 0 Å². The van der Waals surface area contributed by atoms with Gasteiger partial charge in [-0.25, -0.2) is 9.68 Å². The van der Waals surface area contributed by atoms with Gasteiger partial charge in [-0.1, -0.05) is 30.3 Å². The van der Waals surface area contributed by atoms with Crippen LogP contribution < -0.4 is 4.89 Å². The van der Waals surface area contributed by atoms with Gasteiger partial charge in [0, 0.05) is 0 Å². The first-order chi connectivity index (χ1) is 12.9. The van der Waals surface area contributed by atoms with Crippen LogP contribution in [0.1, 0.15) is 38.2 Å². The summed E-state index contributed by atoms with van der Waals surface area (Å²) < 4.78 is 0. The van der Waals surface area contributed by atoms with Crippen molar-refractivity contribution in [3.8, 4) is 16.9 Å². The molecule has 0 bridgehead atoms. The Balaban J connectivity index is 1.84. The van der Waals surface area contributed by atoms with Crippen LogP contribution in [-0.2, 0) is 4.89 Å². The molecule has 27 heavy (non-hydrogen) atoms. The molecule has 0 aliphatic heterocycles. The molecule has 3 aromatic rings. The maximum atomic E-state index is 12.1. The van der Waals surface area contributed by atoms with E-state index in [-0.39, 0.29) is 0 Å². The van der Waals surface area contributed by atoms with E-state index in [9.17, 15) is 4.79 Å². The van der Waals surface area contributed by atoms with Crippen LogP contribution in [0.5, 0.6) is 5.75 Å². The van der Waals surface area contributed by atoms with Crippen LogP contribution in [-0.4, -0.2) is 5.97 Å². The molecule has 0 unspecified atom stereocenters. The molecule has 3 nitrogen and oxygen atoms in total. The quantitative estimate of drug-likeness (QED) is 0.420. The van der Waals surface area contributed by atoms with Crippen molar-refractivity contribution in [1.29, 1.82) is 0 Å². The van der Waals surface area contributed by atoms with Crippen molar-refractivity contribution in [2.45, 2.75) is 34.6 Å². The molecule has 0 heterocycles. The maximum absolute atomic E-state index is 12.1. The molecule has 0 amide bonds. The van der Waals surface area contributed by atoms with Gasteiger partial charge in [-0.2, -0.15) is 0 Å². The number of carbonyl (C=O) groups is 1. The van der Waals surface area contributed by atoms with Crippen LogP contribution in [0.4, 0.5) is 0 Å². The fraction of sp³-hybridized carbons (Fsp3) is 0.208. The number of carbonyl (C=O) groups excluding carboxylic acids is 1. The third kappa shape index (κ3) is 4.03. The topological polar surface area (TPSA) is 35.5 Å². The summed E-state index contributed by atoms with van der Waals surface area (Å²) in [6, 6.07) is 17.3. The highest BCUT2D eigenvalue weighted by Crippen LogP contribution is 2.32. The first kappa shape index (κ1) is 18.7. The van der Waals surface area contributed by atoms with Crippen molar-refractivity contribution < 1.29 is 14.6 Å². The van der Waals surface area contributed by atoms with Gasteiger partial charge in [-0.3, -0.25) is 4.89 Å². The Morgan fingerprint density at radius 2 is 1.19 bits per heavy atom. The zero-order valence-electron chi connectivity index (χ0n) is 16.4. The van der Waals surface area contributed by atoms with Crippen molar-refractivity contribution in [3.63, 3.8) is 0 Å². The molecule has 0 aliphatic carbocycles. The van der Waals surface area contributed by atoms with Gasteiger partial charge >= 0.3 is 5.97 Å². The van der Waals surface area contributed by atoms with E-state index in [0.717, 1.165) is 16.7 Å². The summed E-state index contributed by atoms with van der Waals surface area (Å²) >= 11 is 0. The summed E-state index contributed by atoms with van der Waals surface area (Å²) in [7, 11) is 0. The number of benzene rings is 3. The standard InChI is InChI=1S/C24H24O3/c1-15-11-21(12-16(2)19(15)5)22-13-17(3)23(18(4)14-22)26-27-24(25)20-9-7-6-8-10-20/h6-14H,1-5H3. The second kappa shape index (κ2) is 7.67. The van der Waals surface area contributed by atoms with E-state index in [1.165, 1.54) is 22.3 Å². The van der Waals surface area contributed by atoms with E-state index in [2.05, 4.69) is 45.0 Å². The Kier molecular flexibility index (Phi) is 5.31. The summed E-state index contributed by atoms with van der Waals surface area (Å²) in [5, 5.41) is 0. The van der Waals surface area contributed by atoms with Crippen LogP contribution in [0, 0.1) is 34.6 Å². The average Bonchev–Trinajstić information content (AvgIpc) is 2.65. The van der Waals surface area contributed by atoms with Crippen molar-refractivity contribution in [3.05, 3.63) is 88.0 Å².